The number of nitrogens with zero attached hydrogens (tertiary/aromatic N) is 5. The Kier molecular flexibility index (Phi) is 6.12. The second kappa shape index (κ2) is 8.14. The number of sulfonamides is 1. The van der Waals surface area contributed by atoms with Gasteiger partial charge >= 0.3 is 0 Å². The highest BCUT2D eigenvalue weighted by Crippen LogP contribution is 2.25. The molecule has 1 aromatic heterocycles. The minimum atomic E-state index is -3.14. The highest BCUT2D eigenvalue weighted by atomic mass is 32.2. The first kappa shape index (κ1) is 18.8. The van der Waals surface area contributed by atoms with E-state index in [2.05, 4.69) is 21.4 Å². The predicted molar refractivity (Wildman–Crippen MR) is 97.7 cm³/mol. The zero-order valence-corrected chi connectivity index (χ0v) is 16.3. The molecule has 0 aromatic carbocycles. The van der Waals surface area contributed by atoms with Gasteiger partial charge in [-0.25, -0.2) is 17.4 Å². The molecule has 2 fully saturated rings. The number of hydrogen-bond donors (Lipinski definition) is 0. The number of aromatic nitrogens is 3. The zero-order chi connectivity index (χ0) is 17.9. The Balaban J connectivity index is 1.55. The Hall–Kier alpha value is -0.990. The van der Waals surface area contributed by atoms with E-state index in [-0.39, 0.29) is 11.3 Å². The van der Waals surface area contributed by atoms with Gasteiger partial charge in [-0.2, -0.15) is 0 Å². The molecule has 0 N–H and O–H groups in total. The SMILES string of the molecule is CC(C)S(=O)(=O)N1CCC(n2cc(CN3CCCCCC3)nn2)CC1. The standard InChI is InChI=1S/C17H31N5O2S/c1-15(2)25(23,24)21-11-7-17(8-12-21)22-14-16(18-19-22)13-20-9-5-3-4-6-10-20/h14-15,17H,3-13H2,1-2H3. The van der Waals surface area contributed by atoms with E-state index in [1.165, 1.54) is 25.7 Å². The van der Waals surface area contributed by atoms with Gasteiger partial charge in [0.1, 0.15) is 0 Å². The summed E-state index contributed by atoms with van der Waals surface area (Å²) in [6.45, 7) is 7.82. The van der Waals surface area contributed by atoms with Crippen LogP contribution in [-0.4, -0.2) is 64.0 Å². The maximum Gasteiger partial charge on any atom is 0.216 e. The third kappa shape index (κ3) is 4.60. The minimum absolute atomic E-state index is 0.254. The number of rotatable bonds is 5. The summed E-state index contributed by atoms with van der Waals surface area (Å²) in [4.78, 5) is 2.47. The molecule has 0 aliphatic carbocycles. The molecule has 142 valence electrons. The largest absolute Gasteiger partial charge is 0.297 e. The first-order valence-corrected chi connectivity index (χ1v) is 11.1. The molecule has 25 heavy (non-hydrogen) atoms. The van der Waals surface area contributed by atoms with Gasteiger partial charge in [0, 0.05) is 19.6 Å². The third-order valence-corrected chi connectivity index (χ3v) is 7.67. The molecular formula is C17H31N5O2S. The molecule has 3 rings (SSSR count). The van der Waals surface area contributed by atoms with Crippen LogP contribution in [-0.2, 0) is 16.6 Å². The molecule has 2 aliphatic rings. The lowest BCUT2D eigenvalue weighted by Crippen LogP contribution is -2.42. The Morgan fingerprint density at radius 1 is 1.08 bits per heavy atom. The fourth-order valence-electron chi connectivity index (χ4n) is 3.75. The van der Waals surface area contributed by atoms with Crippen LogP contribution < -0.4 is 0 Å². The van der Waals surface area contributed by atoms with Gasteiger partial charge in [0.05, 0.1) is 23.2 Å². The molecule has 3 heterocycles. The lowest BCUT2D eigenvalue weighted by molar-refractivity contribution is 0.257. The van der Waals surface area contributed by atoms with E-state index in [1.807, 2.05) is 4.68 Å². The molecule has 2 aliphatic heterocycles. The number of hydrogen-bond acceptors (Lipinski definition) is 5. The lowest BCUT2D eigenvalue weighted by Gasteiger charge is -2.32. The molecule has 2 saturated heterocycles. The molecule has 0 atom stereocenters. The van der Waals surface area contributed by atoms with Crippen LogP contribution >= 0.6 is 0 Å². The Labute approximate surface area is 151 Å². The van der Waals surface area contributed by atoms with E-state index < -0.39 is 10.0 Å². The summed E-state index contributed by atoms with van der Waals surface area (Å²) in [5.74, 6) is 0. The first-order valence-electron chi connectivity index (χ1n) is 9.59. The van der Waals surface area contributed by atoms with Gasteiger partial charge < -0.3 is 0 Å². The zero-order valence-electron chi connectivity index (χ0n) is 15.5. The smallest absolute Gasteiger partial charge is 0.216 e. The fourth-order valence-corrected chi connectivity index (χ4v) is 5.06. The fraction of sp³-hybridized carbons (Fsp3) is 0.882. The summed E-state index contributed by atoms with van der Waals surface area (Å²) in [6.07, 6.45) is 8.88. The van der Waals surface area contributed by atoms with Crippen LogP contribution in [0.15, 0.2) is 6.20 Å². The van der Waals surface area contributed by atoms with Gasteiger partial charge in [0.2, 0.25) is 10.0 Å². The molecule has 0 unspecified atom stereocenters. The minimum Gasteiger partial charge on any atom is -0.297 e. The van der Waals surface area contributed by atoms with Crippen LogP contribution in [0.25, 0.3) is 0 Å². The summed E-state index contributed by atoms with van der Waals surface area (Å²) in [7, 11) is -3.14. The molecule has 0 spiro atoms. The second-order valence-electron chi connectivity index (χ2n) is 7.60. The van der Waals surface area contributed by atoms with Gasteiger partial charge in [-0.05, 0) is 52.6 Å². The van der Waals surface area contributed by atoms with Gasteiger partial charge in [0.15, 0.2) is 0 Å². The Bertz CT molecular complexity index is 642. The molecule has 0 bridgehead atoms. The van der Waals surface area contributed by atoms with E-state index in [1.54, 1.807) is 18.2 Å². The van der Waals surface area contributed by atoms with E-state index in [0.717, 1.165) is 38.2 Å². The Morgan fingerprint density at radius 2 is 1.72 bits per heavy atom. The van der Waals surface area contributed by atoms with Crippen molar-refractivity contribution in [3.8, 4) is 0 Å². The van der Waals surface area contributed by atoms with Crippen molar-refractivity contribution >= 4 is 10.0 Å². The van der Waals surface area contributed by atoms with Crippen LogP contribution in [0.2, 0.25) is 0 Å². The number of piperidine rings is 1. The van der Waals surface area contributed by atoms with E-state index in [9.17, 15) is 8.42 Å². The third-order valence-electron chi connectivity index (χ3n) is 5.40. The molecule has 8 heteroatoms. The van der Waals surface area contributed by atoms with Crippen molar-refractivity contribution in [1.82, 2.24) is 24.2 Å². The lowest BCUT2D eigenvalue weighted by atomic mass is 10.1. The summed E-state index contributed by atoms with van der Waals surface area (Å²) >= 11 is 0. The molecular weight excluding hydrogens is 338 g/mol. The second-order valence-corrected chi connectivity index (χ2v) is 10.1. The summed E-state index contributed by atoms with van der Waals surface area (Å²) in [6, 6.07) is 0.254. The van der Waals surface area contributed by atoms with Crippen molar-refractivity contribution in [2.75, 3.05) is 26.2 Å². The van der Waals surface area contributed by atoms with E-state index >= 15 is 0 Å². The highest BCUT2D eigenvalue weighted by Gasteiger charge is 2.31. The van der Waals surface area contributed by atoms with Crippen molar-refractivity contribution in [2.45, 2.75) is 70.2 Å². The summed E-state index contributed by atoms with van der Waals surface area (Å²) in [5, 5.41) is 8.32. The predicted octanol–water partition coefficient (Wildman–Crippen LogP) is 2.03. The average molecular weight is 370 g/mol. The maximum absolute atomic E-state index is 12.3. The molecule has 0 saturated carbocycles. The average Bonchev–Trinajstić information content (AvgIpc) is 2.90. The van der Waals surface area contributed by atoms with Crippen molar-refractivity contribution < 1.29 is 8.42 Å². The molecule has 1 aromatic rings. The molecule has 0 radical (unpaired) electrons. The van der Waals surface area contributed by atoms with Gasteiger partial charge in [-0.3, -0.25) is 4.90 Å². The monoisotopic (exact) mass is 369 g/mol. The Morgan fingerprint density at radius 3 is 2.32 bits per heavy atom. The van der Waals surface area contributed by atoms with Crippen LogP contribution in [0.1, 0.15) is 64.1 Å². The van der Waals surface area contributed by atoms with Crippen LogP contribution in [0.4, 0.5) is 0 Å². The molecule has 7 nitrogen and oxygen atoms in total. The van der Waals surface area contributed by atoms with Gasteiger partial charge in [-0.15, -0.1) is 5.10 Å². The molecule has 0 amide bonds. The van der Waals surface area contributed by atoms with E-state index in [0.29, 0.717) is 13.1 Å². The summed E-state index contributed by atoms with van der Waals surface area (Å²) < 4.78 is 28.1. The van der Waals surface area contributed by atoms with Crippen LogP contribution in [0.3, 0.4) is 0 Å². The summed E-state index contributed by atoms with van der Waals surface area (Å²) in [5.41, 5.74) is 1.03. The normalized spacial score (nSPS) is 22.4. The van der Waals surface area contributed by atoms with Crippen LogP contribution in [0.5, 0.6) is 0 Å². The van der Waals surface area contributed by atoms with Crippen molar-refractivity contribution in [3.05, 3.63) is 11.9 Å². The highest BCUT2D eigenvalue weighted by molar-refractivity contribution is 7.89. The van der Waals surface area contributed by atoms with Crippen molar-refractivity contribution in [1.29, 1.82) is 0 Å². The van der Waals surface area contributed by atoms with Crippen molar-refractivity contribution in [3.63, 3.8) is 0 Å². The van der Waals surface area contributed by atoms with Gasteiger partial charge in [0.25, 0.3) is 0 Å². The van der Waals surface area contributed by atoms with Crippen molar-refractivity contribution in [2.24, 2.45) is 0 Å². The quantitative estimate of drug-likeness (QED) is 0.794. The number of likely N-dealkylation sites (tertiary alicyclic amines) is 1. The maximum atomic E-state index is 12.3. The van der Waals surface area contributed by atoms with Crippen LogP contribution in [0, 0.1) is 0 Å². The first-order chi connectivity index (χ1) is 12.0. The van der Waals surface area contributed by atoms with Gasteiger partial charge in [-0.1, -0.05) is 18.1 Å². The topological polar surface area (TPSA) is 71.3 Å². The van der Waals surface area contributed by atoms with E-state index in [4.69, 9.17) is 0 Å².